The summed E-state index contributed by atoms with van der Waals surface area (Å²) in [4.78, 5) is 5.49. The normalized spacial score (nSPS) is 20.0. The quantitative estimate of drug-likeness (QED) is 0.168. The molecule has 8 aromatic carbocycles. The van der Waals surface area contributed by atoms with Crippen LogP contribution in [0.2, 0.25) is 0 Å². The molecule has 0 amide bonds. The van der Waals surface area contributed by atoms with Gasteiger partial charge in [-0.15, -0.1) is 0 Å². The van der Waals surface area contributed by atoms with Crippen LogP contribution < -0.4 is 20.6 Å². The van der Waals surface area contributed by atoms with Crippen molar-refractivity contribution in [2.24, 2.45) is 0 Å². The highest BCUT2D eigenvalue weighted by molar-refractivity contribution is 6.94. The minimum Gasteiger partial charge on any atom is -0.454 e. The van der Waals surface area contributed by atoms with Crippen LogP contribution in [0.1, 0.15) is 45.1 Å². The van der Waals surface area contributed by atoms with Crippen molar-refractivity contribution in [3.8, 4) is 33.4 Å². The molecular weight excluding hydrogens is 703 g/mol. The number of hydrogen-bond acceptors (Lipinski definition) is 3. The van der Waals surface area contributed by atoms with Crippen molar-refractivity contribution in [3.05, 3.63) is 169 Å². The number of fused-ring (bicyclic) bond motifs is 12. The van der Waals surface area contributed by atoms with Gasteiger partial charge in [0, 0.05) is 38.8 Å². The Balaban J connectivity index is 1.20. The minimum absolute atomic E-state index is 0.0572. The monoisotopic (exact) mass is 744 g/mol. The largest absolute Gasteiger partial charge is 0.454 e. The van der Waals surface area contributed by atoms with Crippen molar-refractivity contribution in [3.63, 3.8) is 0 Å². The molecule has 3 aliphatic heterocycles. The second kappa shape index (κ2) is 11.5. The van der Waals surface area contributed by atoms with Crippen LogP contribution in [0.25, 0.3) is 66.1 Å². The molecule has 4 heteroatoms. The van der Waals surface area contributed by atoms with Gasteiger partial charge in [-0.2, -0.15) is 0 Å². The van der Waals surface area contributed by atoms with Crippen LogP contribution in [0.4, 0.5) is 22.7 Å². The topological polar surface area (TPSA) is 19.6 Å². The van der Waals surface area contributed by atoms with Crippen molar-refractivity contribution in [1.82, 2.24) is 0 Å². The molecule has 0 bridgehead atoms. The molecule has 2 atom stereocenters. The summed E-state index contributed by atoms with van der Waals surface area (Å²) in [5.41, 5.74) is 18.6. The lowest BCUT2D eigenvalue weighted by molar-refractivity contribution is 0.195. The van der Waals surface area contributed by atoms with Crippen LogP contribution in [-0.4, -0.2) is 12.4 Å². The van der Waals surface area contributed by atoms with Crippen molar-refractivity contribution in [2.75, 3.05) is 9.71 Å². The Labute approximate surface area is 339 Å². The summed E-state index contributed by atoms with van der Waals surface area (Å²) in [6.07, 6.45) is 4.73. The number of rotatable bonds is 3. The third-order valence-electron chi connectivity index (χ3n) is 14.7. The number of anilines is 4. The standard InChI is InChI=1S/C54H41BN2O/c1-53-27-13-14-28-54(53,2)56-50-45(53)30-39(35-17-7-4-8-18-35)31-46(50)55-49-43(33-44-41-21-11-12-22-48(41)58-52(44)51(49)56)42-29-37-19-9-10-20-38(37)32-47(42)57(55)40-25-23-36(24-26-40)34-15-5-3-6-16-34/h3-12,15-26,29-33H,13-14,27-28H2,1-2H3. The number of hydrogen-bond donors (Lipinski definition) is 0. The van der Waals surface area contributed by atoms with E-state index in [1.807, 2.05) is 0 Å². The van der Waals surface area contributed by atoms with E-state index in [2.05, 4.69) is 187 Å². The summed E-state index contributed by atoms with van der Waals surface area (Å²) in [5.74, 6) is 0. The molecule has 0 spiro atoms. The molecule has 4 heterocycles. The van der Waals surface area contributed by atoms with Gasteiger partial charge < -0.3 is 14.1 Å². The van der Waals surface area contributed by atoms with E-state index in [4.69, 9.17) is 4.42 Å². The molecule has 3 nitrogen and oxygen atoms in total. The van der Waals surface area contributed by atoms with Crippen LogP contribution in [0, 0.1) is 0 Å². The maximum Gasteiger partial charge on any atom is 0.333 e. The van der Waals surface area contributed by atoms with E-state index in [1.54, 1.807) is 0 Å². The summed E-state index contributed by atoms with van der Waals surface area (Å²) >= 11 is 0. The summed E-state index contributed by atoms with van der Waals surface area (Å²) in [6.45, 7) is 5.04. The van der Waals surface area contributed by atoms with Gasteiger partial charge in [0.05, 0.1) is 11.2 Å². The molecule has 58 heavy (non-hydrogen) atoms. The Morgan fingerprint density at radius 2 is 1.21 bits per heavy atom. The van der Waals surface area contributed by atoms with E-state index in [1.165, 1.54) is 107 Å². The molecule has 1 aromatic heterocycles. The van der Waals surface area contributed by atoms with Gasteiger partial charge in [-0.3, -0.25) is 0 Å². The first kappa shape index (κ1) is 32.6. The molecular formula is C54H41BN2O. The van der Waals surface area contributed by atoms with Crippen molar-refractivity contribution in [1.29, 1.82) is 0 Å². The maximum absolute atomic E-state index is 7.15. The highest BCUT2D eigenvalue weighted by atomic mass is 16.3. The lowest BCUT2D eigenvalue weighted by Gasteiger charge is -2.53. The summed E-state index contributed by atoms with van der Waals surface area (Å²) < 4.78 is 7.15. The molecule has 0 N–H and O–H groups in total. The van der Waals surface area contributed by atoms with Gasteiger partial charge in [0.25, 0.3) is 0 Å². The van der Waals surface area contributed by atoms with Gasteiger partial charge in [-0.1, -0.05) is 141 Å². The van der Waals surface area contributed by atoms with E-state index in [9.17, 15) is 0 Å². The first-order valence-corrected chi connectivity index (χ1v) is 21.0. The third-order valence-corrected chi connectivity index (χ3v) is 14.7. The molecule has 0 radical (unpaired) electrons. The van der Waals surface area contributed by atoms with E-state index >= 15 is 0 Å². The summed E-state index contributed by atoms with van der Waals surface area (Å²) in [5, 5.41) is 4.87. The van der Waals surface area contributed by atoms with E-state index in [0.717, 1.165) is 24.0 Å². The average Bonchev–Trinajstić information content (AvgIpc) is 3.75. The van der Waals surface area contributed by atoms with Gasteiger partial charge >= 0.3 is 6.85 Å². The Kier molecular flexibility index (Phi) is 6.48. The van der Waals surface area contributed by atoms with Crippen molar-refractivity contribution < 1.29 is 4.42 Å². The molecule has 1 aliphatic carbocycles. The predicted octanol–water partition coefficient (Wildman–Crippen LogP) is 13.1. The second-order valence-electron chi connectivity index (χ2n) is 17.5. The van der Waals surface area contributed by atoms with Gasteiger partial charge in [-0.25, -0.2) is 0 Å². The van der Waals surface area contributed by atoms with Gasteiger partial charge in [0.2, 0.25) is 0 Å². The zero-order valence-electron chi connectivity index (χ0n) is 32.8. The van der Waals surface area contributed by atoms with Crippen LogP contribution in [0.15, 0.2) is 168 Å². The number of furan rings is 1. The first-order valence-electron chi connectivity index (χ1n) is 21.0. The maximum atomic E-state index is 7.15. The fraction of sp³-hybridized carbons (Fsp3) is 0.148. The second-order valence-corrected chi connectivity index (χ2v) is 17.5. The van der Waals surface area contributed by atoms with Crippen LogP contribution >= 0.6 is 0 Å². The zero-order valence-corrected chi connectivity index (χ0v) is 32.8. The van der Waals surface area contributed by atoms with E-state index in [-0.39, 0.29) is 17.8 Å². The highest BCUT2D eigenvalue weighted by Gasteiger charge is 2.62. The Morgan fingerprint density at radius 3 is 1.98 bits per heavy atom. The SMILES string of the molecule is CC12CCCCC1(C)N1c3c(cc(-c4ccccc4)cc32)B2c3c(cc4c(oc5ccccc54)c31)-c1cc3ccccc3cc1N2c1ccc(-c2ccccc2)cc1. The molecule has 1 saturated carbocycles. The summed E-state index contributed by atoms with van der Waals surface area (Å²) in [7, 11) is 0. The van der Waals surface area contributed by atoms with Gasteiger partial charge in [0.1, 0.15) is 5.58 Å². The first-order chi connectivity index (χ1) is 28.5. The minimum atomic E-state index is -0.143. The number of para-hydroxylation sites is 1. The predicted molar refractivity (Wildman–Crippen MR) is 244 cm³/mol. The molecule has 9 aromatic rings. The van der Waals surface area contributed by atoms with E-state index < -0.39 is 0 Å². The Hall–Kier alpha value is -6.52. The average molecular weight is 745 g/mol. The van der Waals surface area contributed by atoms with Gasteiger partial charge in [0.15, 0.2) is 5.58 Å². The molecule has 4 aliphatic rings. The van der Waals surface area contributed by atoms with Crippen LogP contribution in [-0.2, 0) is 5.41 Å². The zero-order chi connectivity index (χ0) is 38.3. The molecule has 276 valence electrons. The van der Waals surface area contributed by atoms with Crippen molar-refractivity contribution >= 4 is 73.2 Å². The molecule has 13 rings (SSSR count). The molecule has 1 fully saturated rings. The molecule has 0 saturated heterocycles. The Morgan fingerprint density at radius 1 is 0.552 bits per heavy atom. The van der Waals surface area contributed by atoms with E-state index in [0.29, 0.717) is 0 Å². The number of benzene rings is 8. The van der Waals surface area contributed by atoms with Crippen LogP contribution in [0.5, 0.6) is 0 Å². The van der Waals surface area contributed by atoms with Crippen LogP contribution in [0.3, 0.4) is 0 Å². The lowest BCUT2D eigenvalue weighted by atomic mass is 9.43. The lowest BCUT2D eigenvalue weighted by Crippen LogP contribution is -2.64. The smallest absolute Gasteiger partial charge is 0.333 e. The highest BCUT2D eigenvalue weighted by Crippen LogP contribution is 2.63. The van der Waals surface area contributed by atoms with Crippen molar-refractivity contribution in [2.45, 2.75) is 50.5 Å². The summed E-state index contributed by atoms with van der Waals surface area (Å²) in [6, 6.07) is 61.1. The van der Waals surface area contributed by atoms with Gasteiger partial charge in [-0.05, 0) is 117 Å². The molecule has 2 unspecified atom stereocenters. The number of nitrogens with zero attached hydrogens (tertiary/aromatic N) is 2. The fourth-order valence-electron chi connectivity index (χ4n) is 11.7. The third kappa shape index (κ3) is 4.15. The Bertz CT molecular complexity index is 3170. The fourth-order valence-corrected chi connectivity index (χ4v) is 11.7.